The maximum atomic E-state index is 13.0. The summed E-state index contributed by atoms with van der Waals surface area (Å²) >= 11 is 0. The number of amides is 1. The van der Waals surface area contributed by atoms with Gasteiger partial charge in [0.1, 0.15) is 0 Å². The van der Waals surface area contributed by atoms with Gasteiger partial charge in [0.25, 0.3) is 0 Å². The third kappa shape index (κ3) is 5.43. The van der Waals surface area contributed by atoms with Crippen LogP contribution in [0.2, 0.25) is 0 Å². The Labute approximate surface area is 126 Å². The van der Waals surface area contributed by atoms with Gasteiger partial charge in [-0.25, -0.2) is 0 Å². The maximum absolute atomic E-state index is 13.0. The summed E-state index contributed by atoms with van der Waals surface area (Å²) in [5.41, 5.74) is 0. The lowest BCUT2D eigenvalue weighted by Gasteiger charge is -2.38. The molecule has 0 bridgehead atoms. The monoisotopic (exact) mass is 285 g/mol. The van der Waals surface area contributed by atoms with Crippen LogP contribution in [0.3, 0.4) is 0 Å². The van der Waals surface area contributed by atoms with Crippen LogP contribution in [0.4, 0.5) is 0 Å². The molecule has 0 aliphatic rings. The van der Waals surface area contributed by atoms with Crippen molar-refractivity contribution in [2.75, 3.05) is 13.7 Å². The first-order chi connectivity index (χ1) is 9.13. The first-order valence-corrected chi connectivity index (χ1v) is 7.96. The van der Waals surface area contributed by atoms with Gasteiger partial charge in [-0.05, 0) is 31.6 Å². The minimum Gasteiger partial charge on any atom is -0.381 e. The van der Waals surface area contributed by atoms with Gasteiger partial charge in [0.15, 0.2) is 0 Å². The number of rotatable bonds is 8. The van der Waals surface area contributed by atoms with Gasteiger partial charge in [0, 0.05) is 19.7 Å². The van der Waals surface area contributed by atoms with Crippen molar-refractivity contribution >= 4 is 5.91 Å². The number of methoxy groups -OCH3 is 1. The molecule has 0 radical (unpaired) electrons. The van der Waals surface area contributed by atoms with Crippen LogP contribution in [-0.4, -0.2) is 36.6 Å². The van der Waals surface area contributed by atoms with Crippen LogP contribution in [0, 0.1) is 23.7 Å². The Morgan fingerprint density at radius 1 is 0.950 bits per heavy atom. The molecular formula is C17H35NO2. The van der Waals surface area contributed by atoms with Crippen molar-refractivity contribution in [1.29, 1.82) is 0 Å². The largest absolute Gasteiger partial charge is 0.381 e. The molecule has 1 amide bonds. The van der Waals surface area contributed by atoms with Gasteiger partial charge in [-0.1, -0.05) is 41.5 Å². The van der Waals surface area contributed by atoms with Crippen LogP contribution >= 0.6 is 0 Å². The van der Waals surface area contributed by atoms with E-state index in [-0.39, 0.29) is 29.9 Å². The molecule has 0 aromatic heterocycles. The first kappa shape index (κ1) is 19.4. The third-order valence-corrected chi connectivity index (χ3v) is 4.18. The van der Waals surface area contributed by atoms with Crippen LogP contribution in [0.15, 0.2) is 0 Å². The van der Waals surface area contributed by atoms with Crippen molar-refractivity contribution in [3.8, 4) is 0 Å². The standard InChI is InChI=1S/C17H35NO2/c1-11(2)10-18(14(7)12(3)4)17(19)16(13(5)6)15(8)20-9/h11-16H,10H2,1-9H3. The highest BCUT2D eigenvalue weighted by Crippen LogP contribution is 2.24. The lowest BCUT2D eigenvalue weighted by atomic mass is 9.88. The number of hydrogen-bond acceptors (Lipinski definition) is 2. The van der Waals surface area contributed by atoms with Crippen molar-refractivity contribution in [3.63, 3.8) is 0 Å². The van der Waals surface area contributed by atoms with E-state index in [1.54, 1.807) is 7.11 Å². The zero-order valence-corrected chi connectivity index (χ0v) is 14.9. The summed E-state index contributed by atoms with van der Waals surface area (Å²) in [4.78, 5) is 15.1. The van der Waals surface area contributed by atoms with Gasteiger partial charge in [0.05, 0.1) is 12.0 Å². The van der Waals surface area contributed by atoms with E-state index in [1.807, 2.05) is 6.92 Å². The normalized spacial score (nSPS) is 16.6. The van der Waals surface area contributed by atoms with Crippen LogP contribution in [-0.2, 0) is 9.53 Å². The summed E-state index contributed by atoms with van der Waals surface area (Å²) in [6, 6.07) is 0.259. The molecule has 3 heteroatoms. The number of carbonyl (C=O) groups is 1. The SMILES string of the molecule is COC(C)C(C(=O)N(CC(C)C)C(C)C(C)C)C(C)C. The van der Waals surface area contributed by atoms with E-state index in [9.17, 15) is 4.79 Å². The van der Waals surface area contributed by atoms with E-state index < -0.39 is 0 Å². The molecule has 0 aliphatic heterocycles. The second-order valence-corrected chi connectivity index (χ2v) is 7.08. The lowest BCUT2D eigenvalue weighted by molar-refractivity contribution is -0.145. The van der Waals surface area contributed by atoms with Gasteiger partial charge in [-0.2, -0.15) is 0 Å². The fourth-order valence-corrected chi connectivity index (χ4v) is 2.58. The van der Waals surface area contributed by atoms with Crippen LogP contribution in [0.5, 0.6) is 0 Å². The van der Waals surface area contributed by atoms with Crippen molar-refractivity contribution in [2.45, 2.75) is 67.5 Å². The van der Waals surface area contributed by atoms with Gasteiger partial charge in [0.2, 0.25) is 5.91 Å². The molecule has 3 atom stereocenters. The molecule has 20 heavy (non-hydrogen) atoms. The minimum absolute atomic E-state index is 0.0449. The Morgan fingerprint density at radius 3 is 1.75 bits per heavy atom. The molecule has 0 N–H and O–H groups in total. The second kappa shape index (κ2) is 8.66. The molecule has 0 spiro atoms. The average molecular weight is 285 g/mol. The number of nitrogens with zero attached hydrogens (tertiary/aromatic N) is 1. The number of ether oxygens (including phenoxy) is 1. The molecule has 0 heterocycles. The molecule has 0 aliphatic carbocycles. The zero-order chi connectivity index (χ0) is 16.0. The minimum atomic E-state index is -0.0695. The van der Waals surface area contributed by atoms with Crippen LogP contribution in [0.1, 0.15) is 55.4 Å². The number of carbonyl (C=O) groups excluding carboxylic acids is 1. The Morgan fingerprint density at radius 2 is 1.45 bits per heavy atom. The van der Waals surface area contributed by atoms with Gasteiger partial charge >= 0.3 is 0 Å². The quantitative estimate of drug-likeness (QED) is 0.678. The van der Waals surface area contributed by atoms with Gasteiger partial charge in [-0.3, -0.25) is 4.79 Å². The Bertz CT molecular complexity index is 287. The Hall–Kier alpha value is -0.570. The van der Waals surface area contributed by atoms with E-state index in [0.29, 0.717) is 11.8 Å². The maximum Gasteiger partial charge on any atom is 0.228 e. The van der Waals surface area contributed by atoms with Crippen LogP contribution in [0.25, 0.3) is 0 Å². The fourth-order valence-electron chi connectivity index (χ4n) is 2.58. The van der Waals surface area contributed by atoms with Crippen molar-refractivity contribution in [2.24, 2.45) is 23.7 Å². The zero-order valence-electron chi connectivity index (χ0n) is 14.9. The van der Waals surface area contributed by atoms with E-state index >= 15 is 0 Å². The summed E-state index contributed by atoms with van der Waals surface area (Å²) in [5.74, 6) is 1.39. The topological polar surface area (TPSA) is 29.5 Å². The van der Waals surface area contributed by atoms with E-state index in [4.69, 9.17) is 4.74 Å². The van der Waals surface area contributed by atoms with Crippen LogP contribution < -0.4 is 0 Å². The molecule has 3 nitrogen and oxygen atoms in total. The van der Waals surface area contributed by atoms with Gasteiger partial charge in [-0.15, -0.1) is 0 Å². The summed E-state index contributed by atoms with van der Waals surface area (Å²) in [6.07, 6.45) is -0.0449. The molecule has 0 fully saturated rings. The molecule has 0 rings (SSSR count). The molecule has 120 valence electrons. The highest BCUT2D eigenvalue weighted by molar-refractivity contribution is 5.80. The Balaban J connectivity index is 5.26. The van der Waals surface area contributed by atoms with E-state index in [1.165, 1.54) is 0 Å². The Kier molecular flexibility index (Phi) is 8.41. The summed E-state index contributed by atoms with van der Waals surface area (Å²) in [6.45, 7) is 17.9. The van der Waals surface area contributed by atoms with Gasteiger partial charge < -0.3 is 9.64 Å². The smallest absolute Gasteiger partial charge is 0.228 e. The lowest BCUT2D eigenvalue weighted by Crippen LogP contribution is -2.49. The first-order valence-electron chi connectivity index (χ1n) is 7.96. The molecule has 3 unspecified atom stereocenters. The summed E-state index contributed by atoms with van der Waals surface area (Å²) < 4.78 is 5.44. The predicted molar refractivity (Wildman–Crippen MR) is 85.7 cm³/mol. The number of hydrogen-bond donors (Lipinski definition) is 0. The molecule has 0 aromatic carbocycles. The summed E-state index contributed by atoms with van der Waals surface area (Å²) in [5, 5.41) is 0. The fraction of sp³-hybridized carbons (Fsp3) is 0.941. The third-order valence-electron chi connectivity index (χ3n) is 4.18. The molecule has 0 saturated carbocycles. The molecule has 0 aromatic rings. The summed E-state index contributed by atoms with van der Waals surface area (Å²) in [7, 11) is 1.69. The highest BCUT2D eigenvalue weighted by atomic mass is 16.5. The van der Waals surface area contributed by atoms with Crippen molar-refractivity contribution < 1.29 is 9.53 Å². The van der Waals surface area contributed by atoms with Crippen molar-refractivity contribution in [3.05, 3.63) is 0 Å². The van der Waals surface area contributed by atoms with E-state index in [2.05, 4.69) is 53.4 Å². The predicted octanol–water partition coefficient (Wildman–Crippen LogP) is 3.82. The van der Waals surface area contributed by atoms with E-state index in [0.717, 1.165) is 6.54 Å². The average Bonchev–Trinajstić information content (AvgIpc) is 2.33. The highest BCUT2D eigenvalue weighted by Gasteiger charge is 2.34. The second-order valence-electron chi connectivity index (χ2n) is 7.08. The van der Waals surface area contributed by atoms with Crippen molar-refractivity contribution in [1.82, 2.24) is 4.90 Å². The molecule has 0 saturated heterocycles. The molecular weight excluding hydrogens is 250 g/mol.